The van der Waals surface area contributed by atoms with Crippen LogP contribution in [0.1, 0.15) is 31.8 Å². The van der Waals surface area contributed by atoms with Gasteiger partial charge in [-0.15, -0.1) is 11.3 Å². The monoisotopic (exact) mass is 281 g/mol. The Morgan fingerprint density at radius 1 is 1.53 bits per heavy atom. The van der Waals surface area contributed by atoms with Gasteiger partial charge in [-0.05, 0) is 18.6 Å². The maximum absolute atomic E-state index is 10.8. The smallest absolute Gasteiger partial charge is 0.345 e. The van der Waals surface area contributed by atoms with E-state index in [4.69, 9.17) is 9.63 Å². The number of aryl methyl sites for hydroxylation is 2. The van der Waals surface area contributed by atoms with Crippen LogP contribution in [-0.4, -0.2) is 27.8 Å². The van der Waals surface area contributed by atoms with Crippen LogP contribution in [0.25, 0.3) is 0 Å². The predicted molar refractivity (Wildman–Crippen MR) is 70.5 cm³/mol. The predicted octanol–water partition coefficient (Wildman–Crippen LogP) is 1.78. The van der Waals surface area contributed by atoms with E-state index < -0.39 is 5.97 Å². The van der Waals surface area contributed by atoms with E-state index in [1.807, 2.05) is 6.92 Å². The number of aromatic nitrogens is 2. The van der Waals surface area contributed by atoms with Gasteiger partial charge in [0.2, 0.25) is 5.89 Å². The lowest BCUT2D eigenvalue weighted by atomic mass is 10.2. The number of nitrogens with zero attached hydrogens (tertiary/aromatic N) is 2. The van der Waals surface area contributed by atoms with Crippen LogP contribution in [0.4, 0.5) is 0 Å². The molecule has 0 aromatic carbocycles. The molecule has 0 aliphatic rings. The third-order valence-electron chi connectivity index (χ3n) is 2.64. The van der Waals surface area contributed by atoms with Gasteiger partial charge >= 0.3 is 5.97 Å². The molecule has 6 nitrogen and oxygen atoms in total. The molecule has 102 valence electrons. The van der Waals surface area contributed by atoms with Crippen molar-refractivity contribution in [1.29, 1.82) is 0 Å². The Morgan fingerprint density at radius 2 is 2.32 bits per heavy atom. The fourth-order valence-corrected chi connectivity index (χ4v) is 2.55. The molecule has 7 heteroatoms. The summed E-state index contributed by atoms with van der Waals surface area (Å²) >= 11 is 1.30. The van der Waals surface area contributed by atoms with Crippen molar-refractivity contribution in [3.05, 3.63) is 33.1 Å². The molecule has 19 heavy (non-hydrogen) atoms. The van der Waals surface area contributed by atoms with Crippen molar-refractivity contribution in [1.82, 2.24) is 15.5 Å². The molecular weight excluding hydrogens is 266 g/mol. The van der Waals surface area contributed by atoms with E-state index >= 15 is 0 Å². The number of thiophene rings is 1. The SMILES string of the molecule is Cc1nc(CCNCc2cc(C(=O)O)sc2C)no1. The lowest BCUT2D eigenvalue weighted by Gasteiger charge is -2.01. The number of nitrogens with one attached hydrogen (secondary N) is 1. The molecule has 0 amide bonds. The van der Waals surface area contributed by atoms with Crippen molar-refractivity contribution in [2.24, 2.45) is 0 Å². The summed E-state index contributed by atoms with van der Waals surface area (Å²) in [5.74, 6) is 0.370. The minimum Gasteiger partial charge on any atom is -0.477 e. The van der Waals surface area contributed by atoms with Crippen molar-refractivity contribution in [2.75, 3.05) is 6.54 Å². The Labute approximate surface area is 114 Å². The van der Waals surface area contributed by atoms with E-state index in [0.29, 0.717) is 29.6 Å². The number of rotatable bonds is 6. The third-order valence-corrected chi connectivity index (χ3v) is 3.72. The Morgan fingerprint density at radius 3 is 2.89 bits per heavy atom. The summed E-state index contributed by atoms with van der Waals surface area (Å²) in [4.78, 5) is 16.4. The first kappa shape index (κ1) is 13.7. The van der Waals surface area contributed by atoms with Crippen LogP contribution >= 0.6 is 11.3 Å². The van der Waals surface area contributed by atoms with Gasteiger partial charge in [-0.1, -0.05) is 5.16 Å². The van der Waals surface area contributed by atoms with Gasteiger partial charge in [0.15, 0.2) is 5.82 Å². The molecule has 0 spiro atoms. The number of aromatic carboxylic acids is 1. The summed E-state index contributed by atoms with van der Waals surface area (Å²) in [6.07, 6.45) is 0.687. The first-order valence-corrected chi connectivity index (χ1v) is 6.70. The fraction of sp³-hybridized carbons (Fsp3) is 0.417. The van der Waals surface area contributed by atoms with E-state index in [-0.39, 0.29) is 0 Å². The average molecular weight is 281 g/mol. The minimum absolute atomic E-state index is 0.378. The number of carboxylic acid groups (broad SMARTS) is 1. The standard InChI is InChI=1S/C12H15N3O3S/c1-7-9(5-10(19-7)12(16)17)6-13-4-3-11-14-8(2)18-15-11/h5,13H,3-4,6H2,1-2H3,(H,16,17). The highest BCUT2D eigenvalue weighted by Gasteiger charge is 2.10. The van der Waals surface area contributed by atoms with Crippen molar-refractivity contribution in [3.63, 3.8) is 0 Å². The lowest BCUT2D eigenvalue weighted by Crippen LogP contribution is -2.17. The van der Waals surface area contributed by atoms with Crippen molar-refractivity contribution in [3.8, 4) is 0 Å². The summed E-state index contributed by atoms with van der Waals surface area (Å²) in [6.45, 7) is 5.05. The molecule has 0 unspecified atom stereocenters. The zero-order valence-corrected chi connectivity index (χ0v) is 11.6. The summed E-state index contributed by atoms with van der Waals surface area (Å²) in [5.41, 5.74) is 1.02. The van der Waals surface area contributed by atoms with E-state index in [1.165, 1.54) is 11.3 Å². The van der Waals surface area contributed by atoms with Crippen LogP contribution < -0.4 is 5.32 Å². The molecule has 2 aromatic heterocycles. The molecule has 0 radical (unpaired) electrons. The maximum atomic E-state index is 10.8. The van der Waals surface area contributed by atoms with E-state index in [0.717, 1.165) is 17.0 Å². The third kappa shape index (κ3) is 3.62. The molecule has 2 aromatic rings. The largest absolute Gasteiger partial charge is 0.477 e. The van der Waals surface area contributed by atoms with Gasteiger partial charge in [-0.2, -0.15) is 4.98 Å². The highest BCUT2D eigenvalue weighted by atomic mass is 32.1. The van der Waals surface area contributed by atoms with Crippen molar-refractivity contribution < 1.29 is 14.4 Å². The van der Waals surface area contributed by atoms with Crippen LogP contribution in [0.5, 0.6) is 0 Å². The topological polar surface area (TPSA) is 88.2 Å². The quantitative estimate of drug-likeness (QED) is 0.785. The zero-order valence-electron chi connectivity index (χ0n) is 10.8. The van der Waals surface area contributed by atoms with Gasteiger partial charge in [0.1, 0.15) is 4.88 Å². The molecule has 2 N–H and O–H groups in total. The minimum atomic E-state index is -0.873. The van der Waals surface area contributed by atoms with Crippen LogP contribution in [0, 0.1) is 13.8 Å². The number of carboxylic acids is 1. The van der Waals surface area contributed by atoms with E-state index in [9.17, 15) is 4.79 Å². The molecule has 0 atom stereocenters. The highest BCUT2D eigenvalue weighted by molar-refractivity contribution is 7.14. The molecule has 2 rings (SSSR count). The normalized spacial score (nSPS) is 10.8. The van der Waals surface area contributed by atoms with Crippen molar-refractivity contribution >= 4 is 17.3 Å². The van der Waals surface area contributed by atoms with Gasteiger partial charge in [0.05, 0.1) is 0 Å². The molecule has 0 saturated heterocycles. The van der Waals surface area contributed by atoms with Gasteiger partial charge < -0.3 is 14.9 Å². The van der Waals surface area contributed by atoms with Gasteiger partial charge in [0, 0.05) is 31.3 Å². The second kappa shape index (κ2) is 5.94. The van der Waals surface area contributed by atoms with E-state index in [1.54, 1.807) is 13.0 Å². The highest BCUT2D eigenvalue weighted by Crippen LogP contribution is 2.21. The Kier molecular flexibility index (Phi) is 4.28. The van der Waals surface area contributed by atoms with Crippen LogP contribution in [-0.2, 0) is 13.0 Å². The van der Waals surface area contributed by atoms with Crippen LogP contribution in [0.2, 0.25) is 0 Å². The second-order valence-electron chi connectivity index (χ2n) is 4.15. The Hall–Kier alpha value is -1.73. The molecule has 0 saturated carbocycles. The summed E-state index contributed by atoms with van der Waals surface area (Å²) in [6, 6.07) is 1.72. The number of hydrogen-bond acceptors (Lipinski definition) is 6. The summed E-state index contributed by atoms with van der Waals surface area (Å²) < 4.78 is 4.88. The first-order valence-electron chi connectivity index (χ1n) is 5.89. The van der Waals surface area contributed by atoms with Crippen LogP contribution in [0.3, 0.4) is 0 Å². The number of hydrogen-bond donors (Lipinski definition) is 2. The molecule has 0 aliphatic heterocycles. The lowest BCUT2D eigenvalue weighted by molar-refractivity contribution is 0.0702. The zero-order chi connectivity index (χ0) is 13.8. The van der Waals surface area contributed by atoms with E-state index in [2.05, 4.69) is 15.5 Å². The van der Waals surface area contributed by atoms with Gasteiger partial charge in [-0.3, -0.25) is 0 Å². The number of carbonyl (C=O) groups is 1. The first-order chi connectivity index (χ1) is 9.06. The van der Waals surface area contributed by atoms with Crippen LogP contribution in [0.15, 0.2) is 10.6 Å². The molecule has 0 bridgehead atoms. The van der Waals surface area contributed by atoms with Gasteiger partial charge in [-0.25, -0.2) is 4.79 Å². The molecule has 0 aliphatic carbocycles. The molecule has 0 fully saturated rings. The second-order valence-corrected chi connectivity index (χ2v) is 5.41. The molecule has 2 heterocycles. The summed E-state index contributed by atoms with van der Waals surface area (Å²) in [7, 11) is 0. The fourth-order valence-electron chi connectivity index (χ4n) is 1.67. The van der Waals surface area contributed by atoms with Gasteiger partial charge in [0.25, 0.3) is 0 Å². The molecular formula is C12H15N3O3S. The maximum Gasteiger partial charge on any atom is 0.345 e. The Bertz CT molecular complexity index is 577. The van der Waals surface area contributed by atoms with Crippen molar-refractivity contribution in [2.45, 2.75) is 26.8 Å². The average Bonchev–Trinajstić information content (AvgIpc) is 2.92. The Balaban J connectivity index is 1.81. The summed E-state index contributed by atoms with van der Waals surface area (Å²) in [5, 5.41) is 16.0.